The molecule has 0 saturated heterocycles. The standard InChI is InChI=1S/C15H19N3O2/c16-14(17-20)11-2-1-3-12(8-11)15(19)18(13-6-7-13)9-10-4-5-10/h1-3,8,10,13,20H,4-7,9H2,(H2,16,17). The Morgan fingerprint density at radius 3 is 2.60 bits per heavy atom. The summed E-state index contributed by atoms with van der Waals surface area (Å²) in [6.45, 7) is 0.872. The van der Waals surface area contributed by atoms with Crippen LogP contribution in [0.4, 0.5) is 0 Å². The Balaban J connectivity index is 1.80. The number of nitrogens with two attached hydrogens (primary N) is 1. The maximum absolute atomic E-state index is 12.6. The van der Waals surface area contributed by atoms with Crippen molar-refractivity contribution in [2.75, 3.05) is 6.54 Å². The SMILES string of the molecule is NC(=NO)c1cccc(C(=O)N(CC2CC2)C2CC2)c1. The quantitative estimate of drug-likeness (QED) is 0.371. The van der Waals surface area contributed by atoms with Crippen LogP contribution in [0.5, 0.6) is 0 Å². The van der Waals surface area contributed by atoms with Gasteiger partial charge in [-0.3, -0.25) is 4.79 Å². The van der Waals surface area contributed by atoms with Crippen LogP contribution >= 0.6 is 0 Å². The van der Waals surface area contributed by atoms with E-state index in [1.165, 1.54) is 12.8 Å². The number of hydrogen-bond donors (Lipinski definition) is 2. The first-order chi connectivity index (χ1) is 9.69. The minimum Gasteiger partial charge on any atom is -0.409 e. The predicted octanol–water partition coefficient (Wildman–Crippen LogP) is 1.80. The van der Waals surface area contributed by atoms with Gasteiger partial charge >= 0.3 is 0 Å². The highest BCUT2D eigenvalue weighted by atomic mass is 16.4. The Morgan fingerprint density at radius 2 is 2.00 bits per heavy atom. The lowest BCUT2D eigenvalue weighted by Gasteiger charge is -2.22. The summed E-state index contributed by atoms with van der Waals surface area (Å²) in [5.74, 6) is 0.776. The van der Waals surface area contributed by atoms with Gasteiger partial charge in [-0.05, 0) is 43.7 Å². The normalized spacial score (nSPS) is 18.9. The van der Waals surface area contributed by atoms with Crippen LogP contribution in [0.25, 0.3) is 0 Å². The molecule has 5 heteroatoms. The summed E-state index contributed by atoms with van der Waals surface area (Å²) in [7, 11) is 0. The summed E-state index contributed by atoms with van der Waals surface area (Å²) in [6.07, 6.45) is 4.69. The molecule has 0 aliphatic heterocycles. The molecule has 3 rings (SSSR count). The van der Waals surface area contributed by atoms with Crippen molar-refractivity contribution in [3.63, 3.8) is 0 Å². The van der Waals surface area contributed by atoms with Gasteiger partial charge in [0, 0.05) is 23.7 Å². The lowest BCUT2D eigenvalue weighted by Crippen LogP contribution is -2.35. The van der Waals surface area contributed by atoms with E-state index in [4.69, 9.17) is 10.9 Å². The summed E-state index contributed by atoms with van der Waals surface area (Å²) in [5.41, 5.74) is 6.76. The summed E-state index contributed by atoms with van der Waals surface area (Å²) >= 11 is 0. The van der Waals surface area contributed by atoms with Crippen LogP contribution in [0.1, 0.15) is 41.6 Å². The fourth-order valence-electron chi connectivity index (χ4n) is 2.40. The first kappa shape index (κ1) is 13.0. The molecule has 20 heavy (non-hydrogen) atoms. The fourth-order valence-corrected chi connectivity index (χ4v) is 2.40. The van der Waals surface area contributed by atoms with Gasteiger partial charge in [0.15, 0.2) is 5.84 Å². The Hall–Kier alpha value is -2.04. The molecule has 106 valence electrons. The number of amidine groups is 1. The molecule has 2 saturated carbocycles. The average Bonchev–Trinajstić information content (AvgIpc) is 3.36. The van der Waals surface area contributed by atoms with E-state index in [1.54, 1.807) is 24.3 Å². The molecule has 1 aromatic carbocycles. The average molecular weight is 273 g/mol. The minimum absolute atomic E-state index is 0.0276. The summed E-state index contributed by atoms with van der Waals surface area (Å²) in [4.78, 5) is 14.6. The van der Waals surface area contributed by atoms with Crippen molar-refractivity contribution in [3.8, 4) is 0 Å². The molecule has 2 aliphatic rings. The van der Waals surface area contributed by atoms with E-state index in [-0.39, 0.29) is 11.7 Å². The zero-order valence-corrected chi connectivity index (χ0v) is 11.3. The molecule has 1 amide bonds. The smallest absolute Gasteiger partial charge is 0.254 e. The number of amides is 1. The van der Waals surface area contributed by atoms with Gasteiger partial charge in [0.2, 0.25) is 0 Å². The number of oxime groups is 1. The highest BCUT2D eigenvalue weighted by Crippen LogP contribution is 2.35. The minimum atomic E-state index is 0.0276. The van der Waals surface area contributed by atoms with Crippen LogP contribution in [0.3, 0.4) is 0 Å². The lowest BCUT2D eigenvalue weighted by molar-refractivity contribution is 0.0735. The molecule has 0 unspecified atom stereocenters. The van der Waals surface area contributed by atoms with Gasteiger partial charge in [-0.1, -0.05) is 17.3 Å². The van der Waals surface area contributed by atoms with Crippen molar-refractivity contribution in [2.24, 2.45) is 16.8 Å². The zero-order chi connectivity index (χ0) is 14.1. The largest absolute Gasteiger partial charge is 0.409 e. The van der Waals surface area contributed by atoms with Gasteiger partial charge < -0.3 is 15.8 Å². The number of hydrogen-bond acceptors (Lipinski definition) is 3. The number of carbonyl (C=O) groups is 1. The van der Waals surface area contributed by atoms with E-state index in [0.29, 0.717) is 23.1 Å². The maximum atomic E-state index is 12.6. The van der Waals surface area contributed by atoms with Crippen molar-refractivity contribution in [2.45, 2.75) is 31.7 Å². The summed E-state index contributed by atoms with van der Waals surface area (Å²) in [6, 6.07) is 7.39. The molecular weight excluding hydrogens is 254 g/mol. The van der Waals surface area contributed by atoms with E-state index in [2.05, 4.69) is 5.16 Å². The highest BCUT2D eigenvalue weighted by molar-refractivity contribution is 6.01. The third-order valence-electron chi connectivity index (χ3n) is 3.91. The van der Waals surface area contributed by atoms with E-state index < -0.39 is 0 Å². The van der Waals surface area contributed by atoms with Crippen molar-refractivity contribution in [1.29, 1.82) is 0 Å². The topological polar surface area (TPSA) is 78.9 Å². The lowest BCUT2D eigenvalue weighted by atomic mass is 10.1. The third kappa shape index (κ3) is 2.76. The van der Waals surface area contributed by atoms with Crippen molar-refractivity contribution in [3.05, 3.63) is 35.4 Å². The predicted molar refractivity (Wildman–Crippen MR) is 75.7 cm³/mol. The van der Waals surface area contributed by atoms with E-state index in [0.717, 1.165) is 19.4 Å². The molecular formula is C15H19N3O2. The molecule has 0 spiro atoms. The van der Waals surface area contributed by atoms with Crippen molar-refractivity contribution in [1.82, 2.24) is 4.90 Å². The van der Waals surface area contributed by atoms with Crippen LogP contribution in [-0.4, -0.2) is 34.4 Å². The Kier molecular flexibility index (Phi) is 3.34. The van der Waals surface area contributed by atoms with E-state index in [1.807, 2.05) is 4.90 Å². The molecule has 3 N–H and O–H groups in total. The number of nitrogens with zero attached hydrogens (tertiary/aromatic N) is 2. The van der Waals surface area contributed by atoms with Crippen LogP contribution in [0.2, 0.25) is 0 Å². The number of rotatable bonds is 5. The van der Waals surface area contributed by atoms with Crippen LogP contribution < -0.4 is 5.73 Å². The maximum Gasteiger partial charge on any atom is 0.254 e. The van der Waals surface area contributed by atoms with E-state index >= 15 is 0 Å². The molecule has 0 atom stereocenters. The summed E-state index contributed by atoms with van der Waals surface area (Å²) in [5, 5.41) is 11.7. The first-order valence-corrected chi connectivity index (χ1v) is 7.08. The van der Waals surface area contributed by atoms with E-state index in [9.17, 15) is 4.79 Å². The Bertz CT molecular complexity index is 548. The Labute approximate surface area is 118 Å². The van der Waals surface area contributed by atoms with Crippen LogP contribution in [0, 0.1) is 5.92 Å². The summed E-state index contributed by atoms with van der Waals surface area (Å²) < 4.78 is 0. The molecule has 0 radical (unpaired) electrons. The second-order valence-electron chi connectivity index (χ2n) is 5.70. The monoisotopic (exact) mass is 273 g/mol. The third-order valence-corrected chi connectivity index (χ3v) is 3.91. The van der Waals surface area contributed by atoms with Gasteiger partial charge in [-0.25, -0.2) is 0 Å². The molecule has 5 nitrogen and oxygen atoms in total. The first-order valence-electron chi connectivity index (χ1n) is 7.08. The second kappa shape index (κ2) is 5.15. The molecule has 0 aromatic heterocycles. The van der Waals surface area contributed by atoms with Crippen molar-refractivity contribution < 1.29 is 10.0 Å². The van der Waals surface area contributed by atoms with Gasteiger partial charge in [0.1, 0.15) is 0 Å². The second-order valence-corrected chi connectivity index (χ2v) is 5.70. The molecule has 2 aliphatic carbocycles. The van der Waals surface area contributed by atoms with Crippen LogP contribution in [-0.2, 0) is 0 Å². The fraction of sp³-hybridized carbons (Fsp3) is 0.467. The van der Waals surface area contributed by atoms with Gasteiger partial charge in [0.05, 0.1) is 0 Å². The molecule has 0 bridgehead atoms. The van der Waals surface area contributed by atoms with Crippen molar-refractivity contribution >= 4 is 11.7 Å². The van der Waals surface area contributed by atoms with Gasteiger partial charge in [0.25, 0.3) is 5.91 Å². The number of carbonyl (C=O) groups excluding carboxylic acids is 1. The number of benzene rings is 1. The highest BCUT2D eigenvalue weighted by Gasteiger charge is 2.36. The van der Waals surface area contributed by atoms with Crippen LogP contribution in [0.15, 0.2) is 29.4 Å². The van der Waals surface area contributed by atoms with Gasteiger partial charge in [-0.15, -0.1) is 0 Å². The molecule has 0 heterocycles. The van der Waals surface area contributed by atoms with Gasteiger partial charge in [-0.2, -0.15) is 0 Å². The molecule has 2 fully saturated rings. The molecule has 1 aromatic rings. The Morgan fingerprint density at radius 1 is 1.30 bits per heavy atom. The zero-order valence-electron chi connectivity index (χ0n) is 11.3.